The molecule has 1 aromatic heterocycles. The number of benzene rings is 2. The second-order valence-corrected chi connectivity index (χ2v) is 11.3. The van der Waals surface area contributed by atoms with E-state index in [1.165, 1.54) is 17.7 Å². The van der Waals surface area contributed by atoms with E-state index in [4.69, 9.17) is 0 Å². The number of nitrogens with one attached hydrogen (secondary N) is 1. The summed E-state index contributed by atoms with van der Waals surface area (Å²) in [4.78, 5) is 39.1. The molecule has 1 N–H and O–H groups in total. The quantitative estimate of drug-likeness (QED) is 0.498. The molecule has 0 spiro atoms. The molecule has 0 unspecified atom stereocenters. The standard InChI is InChI=1S/C24H25BrN4O5S/c1-15-23(24(32)29(27(15)3)18-7-5-4-6-8-18)26-22(31)10-12-35(33,34)21-14-20-17(13-19(21)25)9-11-28(20)16(2)30/h4-8,13-14H,9-12H2,1-3H3,(H,26,31). The lowest BCUT2D eigenvalue weighted by molar-refractivity contribution is -0.117. The summed E-state index contributed by atoms with van der Waals surface area (Å²) in [6.45, 7) is 3.64. The number of hydrogen-bond acceptors (Lipinski definition) is 5. The number of para-hydroxylation sites is 1. The first-order valence-corrected chi connectivity index (χ1v) is 13.4. The van der Waals surface area contributed by atoms with Crippen LogP contribution in [-0.4, -0.2) is 41.9 Å². The van der Waals surface area contributed by atoms with Gasteiger partial charge in [-0.2, -0.15) is 0 Å². The van der Waals surface area contributed by atoms with Gasteiger partial charge in [-0.25, -0.2) is 13.1 Å². The second kappa shape index (κ2) is 9.46. The first-order valence-electron chi connectivity index (χ1n) is 11.0. The molecule has 0 fully saturated rings. The third-order valence-electron chi connectivity index (χ3n) is 6.16. The van der Waals surface area contributed by atoms with Gasteiger partial charge in [-0.05, 0) is 59.1 Å². The fourth-order valence-corrected chi connectivity index (χ4v) is 6.66. The topological polar surface area (TPSA) is 110 Å². The van der Waals surface area contributed by atoms with E-state index in [2.05, 4.69) is 21.2 Å². The van der Waals surface area contributed by atoms with Crippen LogP contribution in [0.1, 0.15) is 24.6 Å². The lowest BCUT2D eigenvalue weighted by Gasteiger charge is -2.16. The summed E-state index contributed by atoms with van der Waals surface area (Å²) < 4.78 is 29.6. The number of hydrogen-bond donors (Lipinski definition) is 1. The lowest BCUT2D eigenvalue weighted by Crippen LogP contribution is -2.26. The summed E-state index contributed by atoms with van der Waals surface area (Å²) in [5.41, 5.74) is 2.35. The molecule has 184 valence electrons. The fraction of sp³-hybridized carbons (Fsp3) is 0.292. The number of amides is 2. The fourth-order valence-electron chi connectivity index (χ4n) is 4.20. The molecule has 2 aromatic carbocycles. The van der Waals surface area contributed by atoms with Gasteiger partial charge in [0.15, 0.2) is 9.84 Å². The molecule has 0 bridgehead atoms. The molecule has 2 heterocycles. The van der Waals surface area contributed by atoms with Crippen LogP contribution in [0.2, 0.25) is 0 Å². The van der Waals surface area contributed by atoms with Gasteiger partial charge in [0.25, 0.3) is 5.56 Å². The minimum Gasteiger partial charge on any atom is -0.320 e. The Balaban J connectivity index is 1.53. The largest absolute Gasteiger partial charge is 0.320 e. The maximum absolute atomic E-state index is 13.1. The van der Waals surface area contributed by atoms with E-state index in [0.717, 1.165) is 5.56 Å². The number of carbonyl (C=O) groups excluding carboxylic acids is 2. The zero-order chi connectivity index (χ0) is 25.5. The Morgan fingerprint density at radius 2 is 1.83 bits per heavy atom. The van der Waals surface area contributed by atoms with Crippen LogP contribution in [0.5, 0.6) is 0 Å². The van der Waals surface area contributed by atoms with Gasteiger partial charge in [-0.15, -0.1) is 0 Å². The van der Waals surface area contributed by atoms with Gasteiger partial charge in [-0.1, -0.05) is 18.2 Å². The van der Waals surface area contributed by atoms with Gasteiger partial charge in [0.2, 0.25) is 11.8 Å². The molecule has 1 aliphatic heterocycles. The van der Waals surface area contributed by atoms with Crippen LogP contribution < -0.4 is 15.8 Å². The summed E-state index contributed by atoms with van der Waals surface area (Å²) >= 11 is 3.33. The minimum atomic E-state index is -3.85. The number of anilines is 2. The molecule has 4 rings (SSSR count). The van der Waals surface area contributed by atoms with Crippen LogP contribution >= 0.6 is 15.9 Å². The van der Waals surface area contributed by atoms with Crippen molar-refractivity contribution in [1.29, 1.82) is 0 Å². The zero-order valence-corrected chi connectivity index (χ0v) is 21.9. The third kappa shape index (κ3) is 4.70. The molecule has 2 amide bonds. The molecule has 0 saturated heterocycles. The number of sulfone groups is 1. The van der Waals surface area contributed by atoms with Crippen molar-refractivity contribution in [2.45, 2.75) is 31.6 Å². The summed E-state index contributed by atoms with van der Waals surface area (Å²) in [5.74, 6) is -1.19. The van der Waals surface area contributed by atoms with Crippen molar-refractivity contribution in [3.63, 3.8) is 0 Å². The van der Waals surface area contributed by atoms with E-state index in [1.54, 1.807) is 53.9 Å². The van der Waals surface area contributed by atoms with Crippen molar-refractivity contribution in [2.24, 2.45) is 7.05 Å². The summed E-state index contributed by atoms with van der Waals surface area (Å²) in [6.07, 6.45) is 0.314. The van der Waals surface area contributed by atoms with E-state index in [9.17, 15) is 22.8 Å². The van der Waals surface area contributed by atoms with Crippen molar-refractivity contribution in [2.75, 3.05) is 22.5 Å². The average Bonchev–Trinajstić information content (AvgIpc) is 3.32. The Morgan fingerprint density at radius 1 is 1.14 bits per heavy atom. The van der Waals surface area contributed by atoms with E-state index in [1.807, 2.05) is 6.07 Å². The van der Waals surface area contributed by atoms with E-state index >= 15 is 0 Å². The van der Waals surface area contributed by atoms with Crippen LogP contribution in [0.15, 0.2) is 56.6 Å². The van der Waals surface area contributed by atoms with Gasteiger partial charge in [0.1, 0.15) is 5.69 Å². The molecule has 0 atom stereocenters. The molecule has 1 aliphatic rings. The molecule has 0 saturated carbocycles. The van der Waals surface area contributed by atoms with Crippen molar-refractivity contribution >= 4 is 49.0 Å². The van der Waals surface area contributed by atoms with Crippen molar-refractivity contribution in [1.82, 2.24) is 9.36 Å². The molecule has 9 nitrogen and oxygen atoms in total. The number of aromatic nitrogens is 2. The van der Waals surface area contributed by atoms with E-state index in [0.29, 0.717) is 34.5 Å². The molecule has 0 aliphatic carbocycles. The van der Waals surface area contributed by atoms with Crippen LogP contribution in [0.3, 0.4) is 0 Å². The lowest BCUT2D eigenvalue weighted by atomic mass is 10.2. The second-order valence-electron chi connectivity index (χ2n) is 8.39. The third-order valence-corrected chi connectivity index (χ3v) is 8.83. The predicted molar refractivity (Wildman–Crippen MR) is 137 cm³/mol. The highest BCUT2D eigenvalue weighted by atomic mass is 79.9. The highest BCUT2D eigenvalue weighted by Gasteiger charge is 2.28. The summed E-state index contributed by atoms with van der Waals surface area (Å²) in [5, 5.41) is 2.59. The number of halogens is 1. The summed E-state index contributed by atoms with van der Waals surface area (Å²) in [6, 6.07) is 12.2. The monoisotopic (exact) mass is 560 g/mol. The number of carbonyl (C=O) groups is 2. The Hall–Kier alpha value is -3.18. The Bertz CT molecular complexity index is 1490. The first-order chi connectivity index (χ1) is 16.5. The van der Waals surface area contributed by atoms with Crippen LogP contribution in [-0.2, 0) is 32.9 Å². The zero-order valence-electron chi connectivity index (χ0n) is 19.5. The molecule has 35 heavy (non-hydrogen) atoms. The number of nitrogens with zero attached hydrogens (tertiary/aromatic N) is 3. The van der Waals surface area contributed by atoms with Crippen LogP contribution in [0.25, 0.3) is 5.69 Å². The van der Waals surface area contributed by atoms with Gasteiger partial charge in [0, 0.05) is 37.1 Å². The van der Waals surface area contributed by atoms with Gasteiger partial charge in [0.05, 0.1) is 22.0 Å². The van der Waals surface area contributed by atoms with E-state index < -0.39 is 27.1 Å². The molecular weight excluding hydrogens is 536 g/mol. The maximum atomic E-state index is 13.1. The highest BCUT2D eigenvalue weighted by Crippen LogP contribution is 2.36. The van der Waals surface area contributed by atoms with Crippen LogP contribution in [0, 0.1) is 6.92 Å². The van der Waals surface area contributed by atoms with Gasteiger partial charge >= 0.3 is 0 Å². The smallest absolute Gasteiger partial charge is 0.295 e. The minimum absolute atomic E-state index is 0.0273. The Kier molecular flexibility index (Phi) is 6.74. The molecule has 0 radical (unpaired) electrons. The van der Waals surface area contributed by atoms with Crippen molar-refractivity contribution in [3.8, 4) is 5.69 Å². The molecule has 3 aromatic rings. The normalized spacial score (nSPS) is 13.1. The number of fused-ring (bicyclic) bond motifs is 1. The van der Waals surface area contributed by atoms with Crippen LogP contribution in [0.4, 0.5) is 11.4 Å². The average molecular weight is 561 g/mol. The highest BCUT2D eigenvalue weighted by molar-refractivity contribution is 9.10. The van der Waals surface area contributed by atoms with Gasteiger partial charge < -0.3 is 10.2 Å². The van der Waals surface area contributed by atoms with Crippen molar-refractivity contribution < 1.29 is 18.0 Å². The summed E-state index contributed by atoms with van der Waals surface area (Å²) in [7, 11) is -2.14. The Labute approximate surface area is 211 Å². The molecular formula is C24H25BrN4O5S. The van der Waals surface area contributed by atoms with Crippen molar-refractivity contribution in [3.05, 3.63) is 68.5 Å². The van der Waals surface area contributed by atoms with E-state index in [-0.39, 0.29) is 22.9 Å². The first kappa shape index (κ1) is 24.9. The predicted octanol–water partition coefficient (Wildman–Crippen LogP) is 2.96. The maximum Gasteiger partial charge on any atom is 0.295 e. The van der Waals surface area contributed by atoms with Gasteiger partial charge in [-0.3, -0.25) is 19.1 Å². The Morgan fingerprint density at radius 3 is 2.49 bits per heavy atom. The SMILES string of the molecule is CC(=O)N1CCc2cc(Br)c(S(=O)(=O)CCC(=O)Nc3c(C)n(C)n(-c4ccccc4)c3=O)cc21. The molecule has 11 heteroatoms. The number of rotatable bonds is 6.